The van der Waals surface area contributed by atoms with Gasteiger partial charge in [0.2, 0.25) is 0 Å². The lowest BCUT2D eigenvalue weighted by molar-refractivity contribution is 1.25. The Labute approximate surface area is 191 Å². The minimum Gasteiger partial charge on any atom is -0.255 e. The van der Waals surface area contributed by atoms with Crippen molar-refractivity contribution >= 4 is 32.3 Å². The topological polar surface area (TPSA) is 77.3 Å². The first kappa shape index (κ1) is 18.9. The van der Waals surface area contributed by atoms with E-state index < -0.39 is 0 Å². The highest BCUT2D eigenvalue weighted by Gasteiger charge is 2.15. The van der Waals surface area contributed by atoms with E-state index in [4.69, 9.17) is 9.97 Å². The van der Waals surface area contributed by atoms with Crippen LogP contribution in [0.25, 0.3) is 53.6 Å². The molecule has 0 unspecified atom stereocenters. The van der Waals surface area contributed by atoms with Crippen molar-refractivity contribution in [1.82, 2.24) is 29.9 Å². The highest BCUT2D eigenvalue weighted by Crippen LogP contribution is 2.37. The predicted molar refractivity (Wildman–Crippen MR) is 128 cm³/mol. The third-order valence-electron chi connectivity index (χ3n) is 4.84. The van der Waals surface area contributed by atoms with Gasteiger partial charge in [-0.25, -0.2) is 9.97 Å². The minimum absolute atomic E-state index is 0.828. The fourth-order valence-corrected chi connectivity index (χ4v) is 5.36. The van der Waals surface area contributed by atoms with Gasteiger partial charge in [0.05, 0.1) is 22.8 Å². The van der Waals surface area contributed by atoms with Gasteiger partial charge in [-0.15, -0.1) is 0 Å². The maximum atomic E-state index is 4.84. The normalized spacial score (nSPS) is 11.1. The molecule has 0 radical (unpaired) electrons. The van der Waals surface area contributed by atoms with Crippen LogP contribution < -0.4 is 0 Å². The Morgan fingerprint density at radius 1 is 0.469 bits per heavy atom. The summed E-state index contributed by atoms with van der Waals surface area (Å²) in [5.74, 6) is 0. The van der Waals surface area contributed by atoms with Crippen molar-refractivity contribution in [3.05, 3.63) is 85.5 Å². The summed E-state index contributed by atoms with van der Waals surface area (Å²) < 4.78 is 0. The summed E-state index contributed by atoms with van der Waals surface area (Å²) >= 11 is 3.16. The average molecular weight is 451 g/mol. The SMILES string of the molecule is c1ccc(-c2cc(-c3nc4sc(-c5ccnc(-c6ccccn6)c5)nc4s3)ccn2)nc1. The van der Waals surface area contributed by atoms with E-state index in [1.807, 2.05) is 60.7 Å². The van der Waals surface area contributed by atoms with Crippen LogP contribution in [0.5, 0.6) is 0 Å². The Hall–Kier alpha value is -3.88. The second-order valence-electron chi connectivity index (χ2n) is 6.94. The zero-order valence-electron chi connectivity index (χ0n) is 16.6. The number of aromatic nitrogens is 6. The Kier molecular flexibility index (Phi) is 4.71. The van der Waals surface area contributed by atoms with E-state index in [0.29, 0.717) is 0 Å². The minimum atomic E-state index is 0.828. The molecule has 0 amide bonds. The molecule has 0 aliphatic heterocycles. The second-order valence-corrected chi connectivity index (χ2v) is 8.89. The van der Waals surface area contributed by atoms with Crippen LogP contribution >= 0.6 is 22.7 Å². The first-order valence-electron chi connectivity index (χ1n) is 9.86. The summed E-state index contributed by atoms with van der Waals surface area (Å²) in [4.78, 5) is 29.2. The number of thiazole rings is 2. The summed E-state index contributed by atoms with van der Waals surface area (Å²) in [6.07, 6.45) is 7.13. The Morgan fingerprint density at radius 3 is 1.38 bits per heavy atom. The molecular weight excluding hydrogens is 436 g/mol. The van der Waals surface area contributed by atoms with Gasteiger partial charge in [0.15, 0.2) is 9.66 Å². The quantitative estimate of drug-likeness (QED) is 0.328. The van der Waals surface area contributed by atoms with Gasteiger partial charge >= 0.3 is 0 Å². The van der Waals surface area contributed by atoms with Crippen molar-refractivity contribution in [3.8, 4) is 43.9 Å². The molecule has 6 rings (SSSR count). The molecule has 6 aromatic rings. The summed E-state index contributed by atoms with van der Waals surface area (Å²) in [7, 11) is 0. The second kappa shape index (κ2) is 7.99. The molecule has 0 saturated heterocycles. The molecule has 0 aromatic carbocycles. The maximum Gasteiger partial charge on any atom is 0.155 e. The van der Waals surface area contributed by atoms with Gasteiger partial charge in [-0.05, 0) is 48.5 Å². The number of rotatable bonds is 4. The molecule has 152 valence electrons. The molecule has 0 aliphatic rings. The molecule has 0 aliphatic carbocycles. The highest BCUT2D eigenvalue weighted by atomic mass is 32.1. The zero-order chi connectivity index (χ0) is 21.3. The first-order chi connectivity index (χ1) is 15.8. The van der Waals surface area contributed by atoms with Gasteiger partial charge in [0.25, 0.3) is 0 Å². The Balaban J connectivity index is 1.34. The van der Waals surface area contributed by atoms with E-state index in [9.17, 15) is 0 Å². The molecule has 6 aromatic heterocycles. The smallest absolute Gasteiger partial charge is 0.155 e. The van der Waals surface area contributed by atoms with Gasteiger partial charge in [0, 0.05) is 35.9 Å². The molecule has 8 heteroatoms. The predicted octanol–water partition coefficient (Wildman–Crippen LogP) is 6.00. The summed E-state index contributed by atoms with van der Waals surface area (Å²) in [5.41, 5.74) is 5.37. The van der Waals surface area contributed by atoms with Gasteiger partial charge < -0.3 is 0 Å². The fourth-order valence-electron chi connectivity index (χ4n) is 3.32. The highest BCUT2D eigenvalue weighted by molar-refractivity contribution is 7.29. The molecule has 0 saturated carbocycles. The van der Waals surface area contributed by atoms with Crippen LogP contribution in [-0.4, -0.2) is 29.9 Å². The summed E-state index contributed by atoms with van der Waals surface area (Å²) in [5, 5.41) is 1.85. The average Bonchev–Trinajstić information content (AvgIpc) is 3.45. The Bertz CT molecular complexity index is 1380. The molecule has 0 N–H and O–H groups in total. The van der Waals surface area contributed by atoms with Crippen molar-refractivity contribution in [3.63, 3.8) is 0 Å². The third kappa shape index (κ3) is 3.55. The van der Waals surface area contributed by atoms with Crippen LogP contribution in [0.15, 0.2) is 85.5 Å². The lowest BCUT2D eigenvalue weighted by Gasteiger charge is -2.02. The first-order valence-corrected chi connectivity index (χ1v) is 11.5. The van der Waals surface area contributed by atoms with Crippen LogP contribution in [0.2, 0.25) is 0 Å². The lowest BCUT2D eigenvalue weighted by Crippen LogP contribution is -1.87. The van der Waals surface area contributed by atoms with E-state index in [0.717, 1.165) is 53.6 Å². The van der Waals surface area contributed by atoms with Gasteiger partial charge in [0.1, 0.15) is 10.0 Å². The Morgan fingerprint density at radius 2 is 0.938 bits per heavy atom. The molecule has 0 bridgehead atoms. The van der Waals surface area contributed by atoms with Crippen LogP contribution in [0.4, 0.5) is 0 Å². The van der Waals surface area contributed by atoms with Gasteiger partial charge in [-0.1, -0.05) is 34.8 Å². The van der Waals surface area contributed by atoms with E-state index in [1.54, 1.807) is 47.5 Å². The third-order valence-corrected chi connectivity index (χ3v) is 6.97. The van der Waals surface area contributed by atoms with E-state index in [1.165, 1.54) is 0 Å². The van der Waals surface area contributed by atoms with Crippen LogP contribution in [0.1, 0.15) is 0 Å². The number of pyridine rings is 4. The van der Waals surface area contributed by atoms with Crippen molar-refractivity contribution in [2.45, 2.75) is 0 Å². The van der Waals surface area contributed by atoms with Crippen molar-refractivity contribution in [2.24, 2.45) is 0 Å². The van der Waals surface area contributed by atoms with E-state index >= 15 is 0 Å². The van der Waals surface area contributed by atoms with E-state index in [-0.39, 0.29) is 0 Å². The number of nitrogens with zero attached hydrogens (tertiary/aromatic N) is 6. The molecule has 6 heterocycles. The standard InChI is InChI=1S/C24H14N6S2/c1-3-9-25-17(5-1)19-13-15(7-11-27-19)21-29-23-24(31-21)30-22(32-23)16-8-12-28-20(14-16)18-6-2-4-10-26-18/h1-14H. The fraction of sp³-hybridized carbons (Fsp3) is 0. The number of hydrogen-bond donors (Lipinski definition) is 0. The summed E-state index contributed by atoms with van der Waals surface area (Å²) in [6, 6.07) is 19.6. The molecule has 0 spiro atoms. The van der Waals surface area contributed by atoms with Crippen LogP contribution in [0.3, 0.4) is 0 Å². The molecular formula is C24H14N6S2. The van der Waals surface area contributed by atoms with Gasteiger partial charge in [-0.2, -0.15) is 0 Å². The van der Waals surface area contributed by atoms with Crippen LogP contribution in [-0.2, 0) is 0 Å². The zero-order valence-corrected chi connectivity index (χ0v) is 18.2. The van der Waals surface area contributed by atoms with Crippen molar-refractivity contribution < 1.29 is 0 Å². The summed E-state index contributed by atoms with van der Waals surface area (Å²) in [6.45, 7) is 0. The monoisotopic (exact) mass is 450 g/mol. The molecule has 32 heavy (non-hydrogen) atoms. The number of hydrogen-bond acceptors (Lipinski definition) is 8. The molecule has 0 atom stereocenters. The number of fused-ring (bicyclic) bond motifs is 1. The molecule has 0 fully saturated rings. The molecule has 6 nitrogen and oxygen atoms in total. The van der Waals surface area contributed by atoms with Crippen molar-refractivity contribution in [1.29, 1.82) is 0 Å². The van der Waals surface area contributed by atoms with Crippen LogP contribution in [0, 0.1) is 0 Å². The maximum absolute atomic E-state index is 4.84. The largest absolute Gasteiger partial charge is 0.255 e. The van der Waals surface area contributed by atoms with Gasteiger partial charge in [-0.3, -0.25) is 19.9 Å². The van der Waals surface area contributed by atoms with E-state index in [2.05, 4.69) is 19.9 Å². The lowest BCUT2D eigenvalue weighted by atomic mass is 10.2. The van der Waals surface area contributed by atoms with Crippen molar-refractivity contribution in [2.75, 3.05) is 0 Å².